The second-order valence-electron chi connectivity index (χ2n) is 6.95. The van der Waals surface area contributed by atoms with E-state index in [0.717, 1.165) is 12.8 Å². The fraction of sp³-hybridized carbons (Fsp3) is 0.579. The topological polar surface area (TPSA) is 91.4 Å². The number of carbonyl (C=O) groups is 3. The minimum atomic E-state index is -0.822. The number of hydrogen-bond donors (Lipinski definition) is 0. The van der Waals surface area contributed by atoms with Crippen LogP contribution in [0.5, 0.6) is 0 Å². The van der Waals surface area contributed by atoms with Crippen molar-refractivity contribution in [1.29, 1.82) is 0 Å². The molecule has 0 aromatic rings. The molecule has 0 unspecified atom stereocenters. The highest BCUT2D eigenvalue weighted by molar-refractivity contribution is 5.93. The fourth-order valence-corrected chi connectivity index (χ4v) is 3.45. The Bertz CT molecular complexity index is 756. The third kappa shape index (κ3) is 3.45. The van der Waals surface area contributed by atoms with Gasteiger partial charge in [0.2, 0.25) is 0 Å². The van der Waals surface area contributed by atoms with E-state index >= 15 is 0 Å². The van der Waals surface area contributed by atoms with E-state index in [4.69, 9.17) is 18.9 Å². The van der Waals surface area contributed by atoms with Crippen LogP contribution in [0.2, 0.25) is 0 Å². The maximum Gasteiger partial charge on any atom is 0.338 e. The Hall–Kier alpha value is -2.37. The molecule has 2 heterocycles. The summed E-state index contributed by atoms with van der Waals surface area (Å²) in [6, 6.07) is 0. The first-order valence-electron chi connectivity index (χ1n) is 8.57. The van der Waals surface area contributed by atoms with Crippen molar-refractivity contribution in [1.82, 2.24) is 0 Å². The zero-order valence-corrected chi connectivity index (χ0v) is 15.3. The highest BCUT2D eigenvalue weighted by atomic mass is 16.6. The molecule has 1 fully saturated rings. The summed E-state index contributed by atoms with van der Waals surface area (Å²) in [4.78, 5) is 35.3. The molecule has 0 aromatic heterocycles. The average Bonchev–Trinajstić information content (AvgIpc) is 3.11. The van der Waals surface area contributed by atoms with Gasteiger partial charge in [0.25, 0.3) is 0 Å². The Morgan fingerprint density at radius 1 is 1.35 bits per heavy atom. The van der Waals surface area contributed by atoms with Crippen molar-refractivity contribution in [2.75, 3.05) is 6.61 Å². The van der Waals surface area contributed by atoms with E-state index in [1.165, 1.54) is 13.8 Å². The van der Waals surface area contributed by atoms with Crippen LogP contribution in [0.25, 0.3) is 0 Å². The van der Waals surface area contributed by atoms with Crippen LogP contribution in [0.15, 0.2) is 28.5 Å². The van der Waals surface area contributed by atoms with E-state index < -0.39 is 35.7 Å². The van der Waals surface area contributed by atoms with Gasteiger partial charge in [0.1, 0.15) is 12.7 Å². The van der Waals surface area contributed by atoms with Gasteiger partial charge < -0.3 is 18.9 Å². The van der Waals surface area contributed by atoms with Gasteiger partial charge in [0.15, 0.2) is 12.2 Å². The van der Waals surface area contributed by atoms with Gasteiger partial charge >= 0.3 is 17.9 Å². The number of hydrogen-bond acceptors (Lipinski definition) is 7. The van der Waals surface area contributed by atoms with Gasteiger partial charge in [0, 0.05) is 25.0 Å². The molecule has 7 nitrogen and oxygen atoms in total. The third-order valence-corrected chi connectivity index (χ3v) is 4.85. The molecule has 0 amide bonds. The number of ether oxygens (including phenoxy) is 4. The molecular formula is C19H22O7. The van der Waals surface area contributed by atoms with Crippen molar-refractivity contribution >= 4 is 17.9 Å². The number of fused-ring (bicyclic) bond motifs is 3. The van der Waals surface area contributed by atoms with Crippen molar-refractivity contribution < 1.29 is 33.3 Å². The molecule has 0 N–H and O–H groups in total. The summed E-state index contributed by atoms with van der Waals surface area (Å²) in [5.41, 5.74) is 4.01. The molecule has 1 aliphatic carbocycles. The highest BCUT2D eigenvalue weighted by Gasteiger charge is 2.61. The summed E-state index contributed by atoms with van der Waals surface area (Å²) < 4.78 is 21.9. The minimum Gasteiger partial charge on any atom is -0.461 e. The standard InChI is InChI=1S/C19H22O7/c1-10-7-5-6-8-19(4)17(26-19)16-14(15(10)24-12(3)21)13(18(22)25-16)9-23-11(2)20/h5,15-17H,6,8-9H2,1-4H3/t7?,15-,16-,17-,19+/m0/s1. The maximum absolute atomic E-state index is 12.5. The van der Waals surface area contributed by atoms with E-state index in [9.17, 15) is 14.4 Å². The number of esters is 3. The third-order valence-electron chi connectivity index (χ3n) is 4.85. The maximum atomic E-state index is 12.5. The quantitative estimate of drug-likeness (QED) is 0.327. The number of carbonyl (C=O) groups excluding carboxylic acids is 3. The Labute approximate surface area is 151 Å². The van der Waals surface area contributed by atoms with Gasteiger partial charge in [-0.2, -0.15) is 0 Å². The largest absolute Gasteiger partial charge is 0.461 e. The van der Waals surface area contributed by atoms with Gasteiger partial charge in [0.05, 0.1) is 11.2 Å². The Kier molecular flexibility index (Phi) is 4.78. The predicted octanol–water partition coefficient (Wildman–Crippen LogP) is 1.76. The van der Waals surface area contributed by atoms with Crippen LogP contribution < -0.4 is 0 Å². The second kappa shape index (κ2) is 6.74. The summed E-state index contributed by atoms with van der Waals surface area (Å²) in [6.45, 7) is 6.05. The first-order chi connectivity index (χ1) is 12.2. The van der Waals surface area contributed by atoms with E-state index in [-0.39, 0.29) is 18.3 Å². The van der Waals surface area contributed by atoms with E-state index in [0.29, 0.717) is 11.1 Å². The molecule has 1 saturated heterocycles. The van der Waals surface area contributed by atoms with Crippen molar-refractivity contribution in [3.8, 4) is 0 Å². The Morgan fingerprint density at radius 2 is 2.08 bits per heavy atom. The fourth-order valence-electron chi connectivity index (χ4n) is 3.45. The lowest BCUT2D eigenvalue weighted by Gasteiger charge is -2.23. The van der Waals surface area contributed by atoms with Crippen molar-refractivity contribution in [2.24, 2.45) is 0 Å². The first-order valence-corrected chi connectivity index (χ1v) is 8.57. The first kappa shape index (κ1) is 18.4. The molecule has 2 aliphatic heterocycles. The Balaban J connectivity index is 2.10. The van der Waals surface area contributed by atoms with Crippen LogP contribution in [0.1, 0.15) is 40.5 Å². The molecule has 26 heavy (non-hydrogen) atoms. The molecule has 3 rings (SSSR count). The van der Waals surface area contributed by atoms with Gasteiger partial charge in [-0.25, -0.2) is 4.79 Å². The van der Waals surface area contributed by atoms with E-state index in [1.807, 2.05) is 13.0 Å². The molecule has 0 radical (unpaired) electrons. The normalized spacial score (nSPS) is 32.8. The van der Waals surface area contributed by atoms with Crippen molar-refractivity contribution in [2.45, 2.75) is 64.4 Å². The van der Waals surface area contributed by atoms with Gasteiger partial charge in [-0.15, -0.1) is 5.73 Å². The molecule has 0 saturated carbocycles. The summed E-state index contributed by atoms with van der Waals surface area (Å²) in [6.07, 6.45) is 1.55. The van der Waals surface area contributed by atoms with Gasteiger partial charge in [-0.1, -0.05) is 0 Å². The molecule has 0 aromatic carbocycles. The number of epoxide rings is 1. The van der Waals surface area contributed by atoms with Crippen LogP contribution >= 0.6 is 0 Å². The second-order valence-corrected chi connectivity index (χ2v) is 6.95. The molecule has 3 aliphatic rings. The average molecular weight is 362 g/mol. The Morgan fingerprint density at radius 3 is 2.73 bits per heavy atom. The predicted molar refractivity (Wildman–Crippen MR) is 88.9 cm³/mol. The van der Waals surface area contributed by atoms with Crippen LogP contribution in [0, 0.1) is 0 Å². The zero-order chi connectivity index (χ0) is 19.1. The molecule has 0 spiro atoms. The molecule has 4 atom stereocenters. The van der Waals surface area contributed by atoms with Crippen molar-refractivity contribution in [3.63, 3.8) is 0 Å². The lowest BCUT2D eigenvalue weighted by molar-refractivity contribution is -0.144. The lowest BCUT2D eigenvalue weighted by Crippen LogP contribution is -2.33. The van der Waals surface area contributed by atoms with E-state index in [1.54, 1.807) is 6.92 Å². The number of rotatable bonds is 3. The smallest absolute Gasteiger partial charge is 0.338 e. The van der Waals surface area contributed by atoms with Crippen molar-refractivity contribution in [3.05, 3.63) is 28.5 Å². The lowest BCUT2D eigenvalue weighted by atomic mass is 9.88. The molecule has 7 heteroatoms. The van der Waals surface area contributed by atoms with Gasteiger partial charge in [-0.05, 0) is 32.8 Å². The summed E-state index contributed by atoms with van der Waals surface area (Å²) in [5.74, 6) is -1.60. The van der Waals surface area contributed by atoms with Gasteiger partial charge in [-0.3, -0.25) is 9.59 Å². The highest BCUT2D eigenvalue weighted by Crippen LogP contribution is 2.48. The van der Waals surface area contributed by atoms with Crippen LogP contribution in [0.4, 0.5) is 0 Å². The SMILES string of the molecule is CC(=O)OCC1=C2[C@@H](OC(C)=O)C(C)=C=CCC[C@@]3(C)O[C@H]3[C@H]2OC1=O. The van der Waals surface area contributed by atoms with Crippen LogP contribution in [-0.4, -0.2) is 48.4 Å². The van der Waals surface area contributed by atoms with Crippen LogP contribution in [-0.2, 0) is 33.3 Å². The molecular weight excluding hydrogens is 340 g/mol. The summed E-state index contributed by atoms with van der Waals surface area (Å²) in [5, 5.41) is 0. The molecule has 0 bridgehead atoms. The minimum absolute atomic E-state index is 0.191. The van der Waals surface area contributed by atoms with E-state index in [2.05, 4.69) is 5.73 Å². The summed E-state index contributed by atoms with van der Waals surface area (Å²) in [7, 11) is 0. The summed E-state index contributed by atoms with van der Waals surface area (Å²) >= 11 is 0. The monoisotopic (exact) mass is 362 g/mol. The molecule has 140 valence electrons. The zero-order valence-electron chi connectivity index (χ0n) is 15.3. The van der Waals surface area contributed by atoms with Crippen LogP contribution in [0.3, 0.4) is 0 Å².